The van der Waals surface area contributed by atoms with E-state index in [1.165, 1.54) is 19.2 Å². The van der Waals surface area contributed by atoms with Crippen molar-refractivity contribution in [2.45, 2.75) is 19.3 Å². The van der Waals surface area contributed by atoms with Gasteiger partial charge in [0, 0.05) is 32.1 Å². The zero-order valence-corrected chi connectivity index (χ0v) is 10.3. The molecule has 1 N–H and O–H groups in total. The van der Waals surface area contributed by atoms with E-state index in [0.29, 0.717) is 17.2 Å². The molecule has 1 spiro atoms. The number of rotatable bonds is 2. The molecule has 2 aliphatic carbocycles. The molecule has 0 bridgehead atoms. The van der Waals surface area contributed by atoms with Crippen LogP contribution in [0.25, 0.3) is 0 Å². The number of hydrogen-bond donors (Lipinski definition) is 1. The van der Waals surface area contributed by atoms with Crippen LogP contribution in [0.3, 0.4) is 0 Å². The van der Waals surface area contributed by atoms with Crippen molar-refractivity contribution >= 4 is 11.9 Å². The highest BCUT2D eigenvalue weighted by Crippen LogP contribution is 2.70. The van der Waals surface area contributed by atoms with Gasteiger partial charge in [-0.05, 0) is 24.7 Å². The Labute approximate surface area is 105 Å². The highest BCUT2D eigenvalue weighted by molar-refractivity contribution is 5.83. The van der Waals surface area contributed by atoms with Gasteiger partial charge in [0.2, 0.25) is 11.9 Å². The van der Waals surface area contributed by atoms with E-state index in [1.54, 1.807) is 0 Å². The Morgan fingerprint density at radius 1 is 1.33 bits per heavy atom. The summed E-state index contributed by atoms with van der Waals surface area (Å²) in [6.45, 7) is 3.32. The Morgan fingerprint density at radius 2 is 2.11 bits per heavy atom. The van der Waals surface area contributed by atoms with Crippen molar-refractivity contribution in [3.8, 4) is 0 Å². The molecule has 2 heterocycles. The minimum Gasteiger partial charge on any atom is -0.339 e. The molecule has 1 aromatic heterocycles. The summed E-state index contributed by atoms with van der Waals surface area (Å²) in [7, 11) is 0. The lowest BCUT2D eigenvalue weighted by molar-refractivity contribution is -0.133. The number of piperazine rings is 1. The summed E-state index contributed by atoms with van der Waals surface area (Å²) in [6.07, 6.45) is 5.23. The summed E-state index contributed by atoms with van der Waals surface area (Å²) >= 11 is 0. The molecule has 2 saturated carbocycles. The first-order valence-electron chi connectivity index (χ1n) is 6.68. The molecule has 1 saturated heterocycles. The van der Waals surface area contributed by atoms with Crippen molar-refractivity contribution in [2.75, 3.05) is 31.1 Å². The number of aromatic amines is 1. The van der Waals surface area contributed by atoms with Gasteiger partial charge < -0.3 is 9.80 Å². The number of aromatic nitrogens is 3. The van der Waals surface area contributed by atoms with E-state index in [1.807, 2.05) is 4.90 Å². The van der Waals surface area contributed by atoms with Gasteiger partial charge in [0.15, 0.2) is 0 Å². The molecule has 0 radical (unpaired) electrons. The van der Waals surface area contributed by atoms with Crippen LogP contribution in [0, 0.1) is 11.3 Å². The smallest absolute Gasteiger partial charge is 0.226 e. The number of carbonyl (C=O) groups is 1. The second-order valence-corrected chi connectivity index (χ2v) is 5.74. The fourth-order valence-electron chi connectivity index (χ4n) is 3.12. The Bertz CT molecular complexity index is 459. The van der Waals surface area contributed by atoms with E-state index in [0.717, 1.165) is 38.5 Å². The quantitative estimate of drug-likeness (QED) is 0.814. The molecule has 1 atom stereocenters. The number of nitrogens with one attached hydrogen (secondary N) is 1. The first-order chi connectivity index (χ1) is 8.78. The van der Waals surface area contributed by atoms with Crippen LogP contribution < -0.4 is 4.90 Å². The molecule has 3 aliphatic rings. The van der Waals surface area contributed by atoms with E-state index in [4.69, 9.17) is 0 Å². The van der Waals surface area contributed by atoms with Crippen molar-refractivity contribution in [2.24, 2.45) is 11.3 Å². The van der Waals surface area contributed by atoms with Gasteiger partial charge in [-0.2, -0.15) is 10.1 Å². The molecule has 3 fully saturated rings. The summed E-state index contributed by atoms with van der Waals surface area (Å²) in [5.74, 6) is 1.56. The molecule has 1 aliphatic heterocycles. The fraction of sp³-hybridized carbons (Fsp3) is 0.750. The SMILES string of the molecule is O=C([C@H]1CC12CC2)N1CCN(c2ncn[nH]2)CC1. The molecule has 1 amide bonds. The number of anilines is 1. The number of nitrogens with zero attached hydrogens (tertiary/aromatic N) is 4. The van der Waals surface area contributed by atoms with Gasteiger partial charge in [0.25, 0.3) is 0 Å². The maximum absolute atomic E-state index is 12.3. The fourth-order valence-corrected chi connectivity index (χ4v) is 3.12. The van der Waals surface area contributed by atoms with Gasteiger partial charge in [0.05, 0.1) is 0 Å². The zero-order valence-electron chi connectivity index (χ0n) is 10.3. The first-order valence-corrected chi connectivity index (χ1v) is 6.68. The van der Waals surface area contributed by atoms with Gasteiger partial charge in [0.1, 0.15) is 6.33 Å². The van der Waals surface area contributed by atoms with Gasteiger partial charge in [-0.1, -0.05) is 0 Å². The topological polar surface area (TPSA) is 65.1 Å². The van der Waals surface area contributed by atoms with Gasteiger partial charge >= 0.3 is 0 Å². The zero-order chi connectivity index (χ0) is 12.2. The number of H-pyrrole nitrogens is 1. The average Bonchev–Trinajstić information content (AvgIpc) is 3.28. The summed E-state index contributed by atoms with van der Waals surface area (Å²) < 4.78 is 0. The van der Waals surface area contributed by atoms with Crippen LogP contribution in [0.15, 0.2) is 6.33 Å². The Morgan fingerprint density at radius 3 is 2.67 bits per heavy atom. The summed E-state index contributed by atoms with van der Waals surface area (Å²) in [5, 5.41) is 6.73. The second-order valence-electron chi connectivity index (χ2n) is 5.74. The van der Waals surface area contributed by atoms with Crippen molar-refractivity contribution in [3.05, 3.63) is 6.33 Å². The van der Waals surface area contributed by atoms with Gasteiger partial charge in [-0.3, -0.25) is 4.79 Å². The van der Waals surface area contributed by atoms with Crippen molar-refractivity contribution in [1.29, 1.82) is 0 Å². The van der Waals surface area contributed by atoms with Crippen LogP contribution in [0.1, 0.15) is 19.3 Å². The highest BCUT2D eigenvalue weighted by Gasteiger charge is 2.66. The monoisotopic (exact) mass is 247 g/mol. The minimum absolute atomic E-state index is 0.356. The van der Waals surface area contributed by atoms with Gasteiger partial charge in [-0.25, -0.2) is 5.10 Å². The molecular formula is C12H17N5O. The Balaban J connectivity index is 1.36. The molecule has 96 valence electrons. The van der Waals surface area contributed by atoms with E-state index < -0.39 is 0 Å². The van der Waals surface area contributed by atoms with Crippen molar-refractivity contribution in [3.63, 3.8) is 0 Å². The van der Waals surface area contributed by atoms with Crippen LogP contribution in [-0.4, -0.2) is 52.2 Å². The van der Waals surface area contributed by atoms with Crippen molar-refractivity contribution in [1.82, 2.24) is 20.1 Å². The third kappa shape index (κ3) is 1.51. The second kappa shape index (κ2) is 3.46. The van der Waals surface area contributed by atoms with Crippen LogP contribution >= 0.6 is 0 Å². The molecule has 4 rings (SSSR count). The lowest BCUT2D eigenvalue weighted by Crippen LogP contribution is -2.49. The predicted molar refractivity (Wildman–Crippen MR) is 64.9 cm³/mol. The third-order valence-corrected chi connectivity index (χ3v) is 4.67. The first kappa shape index (κ1) is 10.3. The molecule has 0 unspecified atom stereocenters. The third-order valence-electron chi connectivity index (χ3n) is 4.67. The van der Waals surface area contributed by atoms with E-state index in [9.17, 15) is 4.79 Å². The van der Waals surface area contributed by atoms with E-state index in [-0.39, 0.29) is 0 Å². The standard InChI is InChI=1S/C12H17N5O/c18-10(9-7-12(9)1-2-12)16-3-5-17(6-4-16)11-13-8-14-15-11/h8-9H,1-7H2,(H,13,14,15)/t9-/m1/s1. The molecule has 0 aromatic carbocycles. The maximum atomic E-state index is 12.3. The Kier molecular flexibility index (Phi) is 1.99. The van der Waals surface area contributed by atoms with Crippen LogP contribution in [0.5, 0.6) is 0 Å². The Hall–Kier alpha value is -1.59. The molecular weight excluding hydrogens is 230 g/mol. The summed E-state index contributed by atoms with van der Waals surface area (Å²) in [6, 6.07) is 0. The molecule has 6 heteroatoms. The summed E-state index contributed by atoms with van der Waals surface area (Å²) in [4.78, 5) is 20.6. The predicted octanol–water partition coefficient (Wildman–Crippen LogP) is 0.253. The minimum atomic E-state index is 0.356. The maximum Gasteiger partial charge on any atom is 0.226 e. The summed E-state index contributed by atoms with van der Waals surface area (Å²) in [5.41, 5.74) is 0.471. The number of amides is 1. The molecule has 6 nitrogen and oxygen atoms in total. The lowest BCUT2D eigenvalue weighted by Gasteiger charge is -2.34. The molecule has 18 heavy (non-hydrogen) atoms. The van der Waals surface area contributed by atoms with Gasteiger partial charge in [-0.15, -0.1) is 0 Å². The van der Waals surface area contributed by atoms with Crippen LogP contribution in [0.4, 0.5) is 5.95 Å². The van der Waals surface area contributed by atoms with E-state index in [2.05, 4.69) is 20.1 Å². The van der Waals surface area contributed by atoms with E-state index >= 15 is 0 Å². The average molecular weight is 247 g/mol. The lowest BCUT2D eigenvalue weighted by atomic mass is 10.2. The largest absolute Gasteiger partial charge is 0.339 e. The molecule has 1 aromatic rings. The van der Waals surface area contributed by atoms with Crippen LogP contribution in [-0.2, 0) is 4.79 Å². The van der Waals surface area contributed by atoms with Crippen molar-refractivity contribution < 1.29 is 4.79 Å². The highest BCUT2D eigenvalue weighted by atomic mass is 16.2. The number of carbonyl (C=O) groups excluding carboxylic acids is 1. The number of hydrogen-bond acceptors (Lipinski definition) is 4. The van der Waals surface area contributed by atoms with Crippen LogP contribution in [0.2, 0.25) is 0 Å². The normalized spacial score (nSPS) is 28.6.